The Morgan fingerprint density at radius 2 is 1.69 bits per heavy atom. The van der Waals surface area contributed by atoms with Gasteiger partial charge in [0.05, 0.1) is 12.0 Å². The van der Waals surface area contributed by atoms with Crippen molar-refractivity contribution in [3.63, 3.8) is 0 Å². The number of hydrogen-bond acceptors (Lipinski definition) is 4. The van der Waals surface area contributed by atoms with Crippen molar-refractivity contribution in [2.24, 2.45) is 5.92 Å². The van der Waals surface area contributed by atoms with Crippen molar-refractivity contribution in [3.05, 3.63) is 82.5 Å². The zero-order valence-electron chi connectivity index (χ0n) is 17.6. The molecular weight excluding hydrogens is 431 g/mol. The summed E-state index contributed by atoms with van der Waals surface area (Å²) in [5.41, 5.74) is 1.65. The SMILES string of the molecule is COc1ccc(S(=O)(=O)N2CC3CC(C2)c2c(-c4ccccc4F)ccc(=O)n2C3)cc1. The maximum absolute atomic E-state index is 14.6. The van der Waals surface area contributed by atoms with Gasteiger partial charge in [0.1, 0.15) is 11.6 Å². The lowest BCUT2D eigenvalue weighted by molar-refractivity contribution is 0.187. The highest BCUT2D eigenvalue weighted by atomic mass is 32.2. The number of benzene rings is 2. The van der Waals surface area contributed by atoms with Gasteiger partial charge in [0.15, 0.2) is 0 Å². The van der Waals surface area contributed by atoms with Crippen molar-refractivity contribution >= 4 is 10.0 Å². The van der Waals surface area contributed by atoms with Crippen LogP contribution in [0.5, 0.6) is 5.75 Å². The van der Waals surface area contributed by atoms with Gasteiger partial charge in [-0.05, 0) is 48.7 Å². The Labute approximate surface area is 185 Å². The van der Waals surface area contributed by atoms with Gasteiger partial charge in [0, 0.05) is 48.4 Å². The van der Waals surface area contributed by atoms with Gasteiger partial charge in [0.2, 0.25) is 10.0 Å². The predicted molar refractivity (Wildman–Crippen MR) is 119 cm³/mol. The van der Waals surface area contributed by atoms with E-state index in [1.807, 2.05) is 0 Å². The third-order valence-corrected chi connectivity index (χ3v) is 8.26. The van der Waals surface area contributed by atoms with E-state index in [2.05, 4.69) is 0 Å². The zero-order chi connectivity index (χ0) is 22.5. The number of halogens is 1. The molecule has 3 aromatic rings. The summed E-state index contributed by atoms with van der Waals surface area (Å²) in [7, 11) is -2.18. The molecule has 166 valence electrons. The van der Waals surface area contributed by atoms with Crippen LogP contribution in [0.25, 0.3) is 11.1 Å². The van der Waals surface area contributed by atoms with Crippen LogP contribution in [-0.2, 0) is 16.6 Å². The van der Waals surface area contributed by atoms with Crippen molar-refractivity contribution < 1.29 is 17.5 Å². The first-order chi connectivity index (χ1) is 15.4. The first kappa shape index (κ1) is 20.9. The highest BCUT2D eigenvalue weighted by Gasteiger charge is 2.40. The Bertz CT molecular complexity index is 1330. The number of rotatable bonds is 4. The van der Waals surface area contributed by atoms with Gasteiger partial charge in [-0.3, -0.25) is 4.79 Å². The monoisotopic (exact) mass is 454 g/mol. The number of hydrogen-bond donors (Lipinski definition) is 0. The maximum atomic E-state index is 14.6. The molecule has 0 radical (unpaired) electrons. The van der Waals surface area contributed by atoms with E-state index in [4.69, 9.17) is 4.74 Å². The number of fused-ring (bicyclic) bond motifs is 4. The molecule has 0 saturated carbocycles. The molecular formula is C24H23FN2O4S. The molecule has 2 aromatic carbocycles. The van der Waals surface area contributed by atoms with Crippen LogP contribution in [0.4, 0.5) is 4.39 Å². The Morgan fingerprint density at radius 1 is 0.938 bits per heavy atom. The summed E-state index contributed by atoms with van der Waals surface area (Å²) in [4.78, 5) is 12.9. The van der Waals surface area contributed by atoms with Crippen LogP contribution in [0.15, 0.2) is 70.4 Å². The molecule has 6 nitrogen and oxygen atoms in total. The van der Waals surface area contributed by atoms with Gasteiger partial charge < -0.3 is 9.30 Å². The normalized spacial score (nSPS) is 20.6. The summed E-state index contributed by atoms with van der Waals surface area (Å²) in [5, 5.41) is 0. The first-order valence-corrected chi connectivity index (χ1v) is 12.0. The second-order valence-corrected chi connectivity index (χ2v) is 10.3. The van der Waals surface area contributed by atoms with Gasteiger partial charge in [-0.25, -0.2) is 12.8 Å². The standard InChI is InChI=1S/C24H23FN2O4S/c1-31-18-6-8-19(9-7-18)32(29,30)26-13-16-12-17(15-26)24-21(10-11-23(28)27(24)14-16)20-4-2-3-5-22(20)25/h2-11,16-17H,12-15H2,1H3. The van der Waals surface area contributed by atoms with E-state index in [1.165, 1.54) is 23.5 Å². The molecule has 2 aliphatic heterocycles. The van der Waals surface area contributed by atoms with Crippen LogP contribution in [0.1, 0.15) is 18.0 Å². The maximum Gasteiger partial charge on any atom is 0.250 e. The molecule has 0 spiro atoms. The fraction of sp³-hybridized carbons (Fsp3) is 0.292. The lowest BCUT2D eigenvalue weighted by Crippen LogP contribution is -2.49. The van der Waals surface area contributed by atoms with E-state index < -0.39 is 10.0 Å². The van der Waals surface area contributed by atoms with E-state index >= 15 is 0 Å². The number of aromatic nitrogens is 1. The number of methoxy groups -OCH3 is 1. The largest absolute Gasteiger partial charge is 0.497 e. The van der Waals surface area contributed by atoms with Crippen LogP contribution < -0.4 is 10.3 Å². The number of piperidine rings is 1. The third-order valence-electron chi connectivity index (χ3n) is 6.42. The van der Waals surface area contributed by atoms with Gasteiger partial charge in [0.25, 0.3) is 5.56 Å². The molecule has 5 rings (SSSR count). The second kappa shape index (κ2) is 7.86. The highest BCUT2D eigenvalue weighted by molar-refractivity contribution is 7.89. The molecule has 1 saturated heterocycles. The van der Waals surface area contributed by atoms with Gasteiger partial charge >= 0.3 is 0 Å². The number of sulfonamides is 1. The van der Waals surface area contributed by atoms with Crippen molar-refractivity contribution in [1.29, 1.82) is 0 Å². The summed E-state index contributed by atoms with van der Waals surface area (Å²) in [6, 6.07) is 15.9. The highest BCUT2D eigenvalue weighted by Crippen LogP contribution is 2.41. The van der Waals surface area contributed by atoms with Crippen molar-refractivity contribution in [1.82, 2.24) is 8.87 Å². The number of pyridine rings is 1. The molecule has 0 aliphatic carbocycles. The molecule has 1 aromatic heterocycles. The summed E-state index contributed by atoms with van der Waals surface area (Å²) in [6.45, 7) is 1.01. The van der Waals surface area contributed by atoms with Gasteiger partial charge in [-0.15, -0.1) is 0 Å². The predicted octanol–water partition coefficient (Wildman–Crippen LogP) is 3.47. The quantitative estimate of drug-likeness (QED) is 0.605. The minimum Gasteiger partial charge on any atom is -0.497 e. The van der Waals surface area contributed by atoms with Crippen molar-refractivity contribution in [2.45, 2.75) is 23.8 Å². The molecule has 0 amide bonds. The number of nitrogens with zero attached hydrogens (tertiary/aromatic N) is 2. The fourth-order valence-electron chi connectivity index (χ4n) is 4.97. The van der Waals surface area contributed by atoms with Crippen LogP contribution in [-0.4, -0.2) is 37.5 Å². The molecule has 2 unspecified atom stereocenters. The number of ether oxygens (including phenoxy) is 1. The lowest BCUT2D eigenvalue weighted by atomic mass is 9.81. The average Bonchev–Trinajstić information content (AvgIpc) is 2.80. The minimum atomic E-state index is -3.71. The smallest absolute Gasteiger partial charge is 0.250 e. The van der Waals surface area contributed by atoms with Gasteiger partial charge in [-0.2, -0.15) is 4.31 Å². The Hall–Kier alpha value is -2.97. The summed E-state index contributed by atoms with van der Waals surface area (Å²) < 4.78 is 49.7. The Morgan fingerprint density at radius 3 is 2.41 bits per heavy atom. The fourth-order valence-corrected chi connectivity index (χ4v) is 6.53. The van der Waals surface area contributed by atoms with E-state index in [0.29, 0.717) is 35.7 Å². The van der Waals surface area contributed by atoms with Crippen LogP contribution in [0.2, 0.25) is 0 Å². The Kier molecular flexibility index (Phi) is 5.14. The third kappa shape index (κ3) is 3.43. The topological polar surface area (TPSA) is 68.6 Å². The zero-order valence-corrected chi connectivity index (χ0v) is 18.4. The summed E-state index contributed by atoms with van der Waals surface area (Å²) >= 11 is 0. The molecule has 1 fully saturated rings. The molecule has 2 atom stereocenters. The molecule has 2 bridgehead atoms. The van der Waals surface area contributed by atoms with Crippen LogP contribution >= 0.6 is 0 Å². The van der Waals surface area contributed by atoms with Crippen LogP contribution in [0.3, 0.4) is 0 Å². The Balaban J connectivity index is 1.56. The van der Waals surface area contributed by atoms with Gasteiger partial charge in [-0.1, -0.05) is 18.2 Å². The van der Waals surface area contributed by atoms with E-state index in [1.54, 1.807) is 53.1 Å². The van der Waals surface area contributed by atoms with Crippen molar-refractivity contribution in [2.75, 3.05) is 20.2 Å². The van der Waals surface area contributed by atoms with E-state index in [0.717, 1.165) is 6.42 Å². The lowest BCUT2D eigenvalue weighted by Gasteiger charge is -2.42. The van der Waals surface area contributed by atoms with E-state index in [-0.39, 0.29) is 34.7 Å². The molecule has 3 heterocycles. The molecule has 0 N–H and O–H groups in total. The molecule has 8 heteroatoms. The van der Waals surface area contributed by atoms with E-state index in [9.17, 15) is 17.6 Å². The molecule has 32 heavy (non-hydrogen) atoms. The molecule has 2 aliphatic rings. The minimum absolute atomic E-state index is 0.0165. The first-order valence-electron chi connectivity index (χ1n) is 10.5. The van der Waals surface area contributed by atoms with Crippen molar-refractivity contribution in [3.8, 4) is 16.9 Å². The second-order valence-electron chi connectivity index (χ2n) is 8.36. The average molecular weight is 455 g/mol. The summed E-state index contributed by atoms with van der Waals surface area (Å²) in [6.07, 6.45) is 0.763. The summed E-state index contributed by atoms with van der Waals surface area (Å²) in [5.74, 6) is 0.0405. The van der Waals surface area contributed by atoms with Crippen LogP contribution in [0, 0.1) is 11.7 Å².